The normalized spacial score (nSPS) is 25.6. The molecule has 0 spiro atoms. The van der Waals surface area contributed by atoms with E-state index >= 15 is 0 Å². The van der Waals surface area contributed by atoms with Crippen LogP contribution in [-0.2, 0) is 11.2 Å². The Morgan fingerprint density at radius 3 is 3.05 bits per heavy atom. The Morgan fingerprint density at radius 1 is 1.45 bits per heavy atom. The third kappa shape index (κ3) is 2.67. The summed E-state index contributed by atoms with van der Waals surface area (Å²) in [5, 5.41) is 3.79. The monoisotopic (exact) mass is 296 g/mol. The van der Waals surface area contributed by atoms with Gasteiger partial charge in [0.25, 0.3) is 0 Å². The molecule has 5 heteroatoms. The number of fused-ring (bicyclic) bond motifs is 1. The highest BCUT2D eigenvalue weighted by Crippen LogP contribution is 2.26. The number of likely N-dealkylation sites (tertiary alicyclic amines) is 1. The fourth-order valence-corrected chi connectivity index (χ4v) is 3.44. The molecule has 0 aromatic heterocycles. The minimum Gasteiger partial charge on any atom is -0.340 e. The summed E-state index contributed by atoms with van der Waals surface area (Å²) in [7, 11) is 0. The van der Waals surface area contributed by atoms with E-state index in [0.717, 1.165) is 19.6 Å². The Hall–Kier alpha value is -1.13. The van der Waals surface area contributed by atoms with Gasteiger partial charge in [-0.3, -0.25) is 4.79 Å². The van der Waals surface area contributed by atoms with Gasteiger partial charge < -0.3 is 10.2 Å². The van der Waals surface area contributed by atoms with Crippen LogP contribution in [0.3, 0.4) is 0 Å². The number of hydrogen-bond donors (Lipinski definition) is 1. The number of nitrogens with zero attached hydrogens (tertiary/aromatic N) is 1. The molecule has 1 aromatic rings. The minimum atomic E-state index is -0.402. The molecule has 0 aliphatic carbocycles. The van der Waals surface area contributed by atoms with E-state index in [2.05, 4.69) is 5.32 Å². The third-order valence-electron chi connectivity index (χ3n) is 4.34. The van der Waals surface area contributed by atoms with Crippen molar-refractivity contribution in [1.82, 2.24) is 10.2 Å². The van der Waals surface area contributed by atoms with Gasteiger partial charge in [0.05, 0.1) is 6.42 Å². The summed E-state index contributed by atoms with van der Waals surface area (Å²) in [6.07, 6.45) is 2.38. The molecule has 0 radical (unpaired) electrons. The first-order valence-corrected chi connectivity index (χ1v) is 7.47. The van der Waals surface area contributed by atoms with Gasteiger partial charge in [-0.2, -0.15) is 0 Å². The van der Waals surface area contributed by atoms with E-state index in [0.29, 0.717) is 22.5 Å². The van der Waals surface area contributed by atoms with E-state index in [1.54, 1.807) is 12.1 Å². The molecule has 2 aliphatic heterocycles. The highest BCUT2D eigenvalue weighted by molar-refractivity contribution is 6.31. The van der Waals surface area contributed by atoms with Crippen LogP contribution in [0.25, 0.3) is 0 Å². The first-order valence-electron chi connectivity index (χ1n) is 7.09. The van der Waals surface area contributed by atoms with Gasteiger partial charge in [0, 0.05) is 29.7 Å². The van der Waals surface area contributed by atoms with E-state index in [-0.39, 0.29) is 12.3 Å². The molecule has 3 rings (SSSR count). The molecule has 2 saturated heterocycles. The van der Waals surface area contributed by atoms with E-state index < -0.39 is 5.82 Å². The second-order valence-corrected chi connectivity index (χ2v) is 6.05. The van der Waals surface area contributed by atoms with Crippen molar-refractivity contribution in [2.24, 2.45) is 5.92 Å². The molecule has 1 N–H and O–H groups in total. The highest BCUT2D eigenvalue weighted by atomic mass is 35.5. The zero-order chi connectivity index (χ0) is 14.1. The minimum absolute atomic E-state index is 0.0341. The summed E-state index contributed by atoms with van der Waals surface area (Å²) in [6.45, 7) is 2.54. The summed E-state index contributed by atoms with van der Waals surface area (Å²) in [4.78, 5) is 14.2. The largest absolute Gasteiger partial charge is 0.340 e. The van der Waals surface area contributed by atoms with Crippen molar-refractivity contribution in [1.29, 1.82) is 0 Å². The Kier molecular flexibility index (Phi) is 3.94. The van der Waals surface area contributed by atoms with Gasteiger partial charge in [-0.05, 0) is 37.4 Å². The molecular weight excluding hydrogens is 279 g/mol. The van der Waals surface area contributed by atoms with Crippen LogP contribution in [0.15, 0.2) is 18.2 Å². The van der Waals surface area contributed by atoms with Crippen LogP contribution in [-0.4, -0.2) is 36.5 Å². The molecule has 2 aliphatic rings. The predicted molar refractivity (Wildman–Crippen MR) is 76.2 cm³/mol. The van der Waals surface area contributed by atoms with E-state index in [1.165, 1.54) is 18.9 Å². The van der Waals surface area contributed by atoms with E-state index in [4.69, 9.17) is 11.6 Å². The van der Waals surface area contributed by atoms with Gasteiger partial charge in [-0.15, -0.1) is 0 Å². The lowest BCUT2D eigenvalue weighted by Crippen LogP contribution is -2.41. The van der Waals surface area contributed by atoms with Gasteiger partial charge in [-0.1, -0.05) is 17.7 Å². The van der Waals surface area contributed by atoms with Crippen LogP contribution in [0.1, 0.15) is 18.4 Å². The fourth-order valence-electron chi connectivity index (χ4n) is 3.21. The van der Waals surface area contributed by atoms with E-state index in [1.807, 2.05) is 4.90 Å². The topological polar surface area (TPSA) is 32.3 Å². The van der Waals surface area contributed by atoms with Gasteiger partial charge in [-0.25, -0.2) is 4.39 Å². The number of carbonyl (C=O) groups excluding carboxylic acids is 1. The number of nitrogens with one attached hydrogen (secondary N) is 1. The Bertz CT molecular complexity index is 488. The van der Waals surface area contributed by atoms with Crippen LogP contribution >= 0.6 is 11.6 Å². The van der Waals surface area contributed by atoms with E-state index in [9.17, 15) is 9.18 Å². The van der Waals surface area contributed by atoms with Crippen LogP contribution in [0, 0.1) is 11.7 Å². The molecule has 1 amide bonds. The Labute approximate surface area is 123 Å². The number of halogens is 2. The zero-order valence-corrected chi connectivity index (χ0v) is 12.0. The predicted octanol–water partition coefficient (Wildman–Crippen LogP) is 2.23. The Morgan fingerprint density at radius 2 is 2.30 bits per heavy atom. The van der Waals surface area contributed by atoms with Crippen molar-refractivity contribution >= 4 is 17.5 Å². The second kappa shape index (κ2) is 5.70. The second-order valence-electron chi connectivity index (χ2n) is 5.64. The molecule has 108 valence electrons. The first kappa shape index (κ1) is 13.8. The van der Waals surface area contributed by atoms with Gasteiger partial charge in [0.1, 0.15) is 5.82 Å². The van der Waals surface area contributed by atoms with Crippen LogP contribution in [0.5, 0.6) is 0 Å². The van der Waals surface area contributed by atoms with Crippen molar-refractivity contribution in [3.05, 3.63) is 34.6 Å². The van der Waals surface area contributed by atoms with Gasteiger partial charge >= 0.3 is 0 Å². The summed E-state index contributed by atoms with van der Waals surface area (Å²) in [5.41, 5.74) is 0.307. The summed E-state index contributed by atoms with van der Waals surface area (Å²) in [5.74, 6) is 0.109. The molecular formula is C15H18ClFN2O. The lowest BCUT2D eigenvalue weighted by molar-refractivity contribution is -0.129. The van der Waals surface area contributed by atoms with Crippen LogP contribution < -0.4 is 5.32 Å². The van der Waals surface area contributed by atoms with Crippen molar-refractivity contribution < 1.29 is 9.18 Å². The molecule has 2 fully saturated rings. The number of carbonyl (C=O) groups is 1. The number of amides is 1. The van der Waals surface area contributed by atoms with Crippen LogP contribution in [0.4, 0.5) is 4.39 Å². The summed E-state index contributed by atoms with van der Waals surface area (Å²) < 4.78 is 13.7. The van der Waals surface area contributed by atoms with Gasteiger partial charge in [0.2, 0.25) is 5.91 Å². The smallest absolute Gasteiger partial charge is 0.227 e. The lowest BCUT2D eigenvalue weighted by Gasteiger charge is -2.24. The molecule has 2 atom stereocenters. The molecule has 3 nitrogen and oxygen atoms in total. The highest BCUT2D eigenvalue weighted by Gasteiger charge is 2.36. The maximum atomic E-state index is 13.7. The molecule has 2 heterocycles. The number of hydrogen-bond acceptors (Lipinski definition) is 2. The molecule has 20 heavy (non-hydrogen) atoms. The summed E-state index contributed by atoms with van der Waals surface area (Å²) >= 11 is 5.98. The average molecular weight is 297 g/mol. The third-order valence-corrected chi connectivity index (χ3v) is 4.70. The molecule has 2 unspecified atom stereocenters. The van der Waals surface area contributed by atoms with Crippen molar-refractivity contribution in [3.63, 3.8) is 0 Å². The first-order chi connectivity index (χ1) is 9.65. The van der Waals surface area contributed by atoms with Crippen molar-refractivity contribution in [2.75, 3.05) is 19.6 Å². The SMILES string of the molecule is O=C(Cc1c(F)cccc1Cl)N1CC2CCCNC2C1. The fraction of sp³-hybridized carbons (Fsp3) is 0.533. The van der Waals surface area contributed by atoms with Crippen LogP contribution in [0.2, 0.25) is 5.02 Å². The average Bonchev–Trinajstić information content (AvgIpc) is 2.87. The zero-order valence-electron chi connectivity index (χ0n) is 11.2. The van der Waals surface area contributed by atoms with Crippen molar-refractivity contribution in [3.8, 4) is 0 Å². The number of rotatable bonds is 2. The molecule has 0 bridgehead atoms. The summed E-state index contributed by atoms with van der Waals surface area (Å²) in [6, 6.07) is 4.93. The Balaban J connectivity index is 1.68. The number of piperidine rings is 1. The molecule has 1 aromatic carbocycles. The van der Waals surface area contributed by atoms with Gasteiger partial charge in [0.15, 0.2) is 0 Å². The maximum Gasteiger partial charge on any atom is 0.227 e. The maximum absolute atomic E-state index is 13.7. The number of benzene rings is 1. The van der Waals surface area contributed by atoms with Crippen molar-refractivity contribution in [2.45, 2.75) is 25.3 Å². The lowest BCUT2D eigenvalue weighted by atomic mass is 9.94. The quantitative estimate of drug-likeness (QED) is 0.908. The standard InChI is InChI=1S/C15H18ClFN2O/c16-12-4-1-5-13(17)11(12)7-15(20)19-8-10-3-2-6-18-14(10)9-19/h1,4-5,10,14,18H,2-3,6-9H2. The molecule has 0 saturated carbocycles.